The lowest BCUT2D eigenvalue weighted by atomic mass is 10.1. The van der Waals surface area contributed by atoms with Crippen LogP contribution >= 0.6 is 0 Å². The fourth-order valence-electron chi connectivity index (χ4n) is 1.28. The molecule has 0 N–H and O–H groups in total. The number of hydrogen-bond donors (Lipinski definition) is 0. The summed E-state index contributed by atoms with van der Waals surface area (Å²) in [6, 6.07) is 9.78. The molecule has 0 heterocycles. The summed E-state index contributed by atoms with van der Waals surface area (Å²) >= 11 is 0. The maximum Gasteiger partial charge on any atom is 0.333 e. The minimum atomic E-state index is -0.219. The predicted octanol–water partition coefficient (Wildman–Crippen LogP) is 3.04. The Morgan fingerprint density at radius 2 is 1.93 bits per heavy atom. The van der Waals surface area contributed by atoms with E-state index >= 15 is 0 Å². The van der Waals surface area contributed by atoms with Crippen LogP contribution in [0.2, 0.25) is 0 Å². The molecule has 0 saturated carbocycles. The summed E-state index contributed by atoms with van der Waals surface area (Å²) in [6.07, 6.45) is 2.56. The summed E-state index contributed by atoms with van der Waals surface area (Å²) < 4.78 is 4.96. The van der Waals surface area contributed by atoms with Crippen LogP contribution in [0.3, 0.4) is 0 Å². The Bertz CT molecular complexity index is 339. The number of rotatable bonds is 4. The molecular weight excluding hydrogens is 188 g/mol. The summed E-state index contributed by atoms with van der Waals surface area (Å²) in [7, 11) is 0. The van der Waals surface area contributed by atoms with Gasteiger partial charge in [-0.3, -0.25) is 0 Å². The Kier molecular flexibility index (Phi) is 4.61. The summed E-state index contributed by atoms with van der Waals surface area (Å²) in [5.74, 6) is -0.219. The van der Waals surface area contributed by atoms with E-state index < -0.39 is 0 Å². The van der Waals surface area contributed by atoms with E-state index in [1.807, 2.05) is 50.3 Å². The zero-order valence-electron chi connectivity index (χ0n) is 9.19. The van der Waals surface area contributed by atoms with Crippen molar-refractivity contribution in [1.82, 2.24) is 0 Å². The first-order valence-corrected chi connectivity index (χ1v) is 5.20. The highest BCUT2D eigenvalue weighted by Crippen LogP contribution is 2.10. The van der Waals surface area contributed by atoms with Crippen molar-refractivity contribution in [3.8, 4) is 0 Å². The van der Waals surface area contributed by atoms with Gasteiger partial charge < -0.3 is 4.74 Å². The molecular formula is C13H16O2. The van der Waals surface area contributed by atoms with Crippen LogP contribution in [0.15, 0.2) is 35.9 Å². The average Bonchev–Trinajstić information content (AvgIpc) is 2.27. The lowest BCUT2D eigenvalue weighted by Crippen LogP contribution is -2.06. The highest BCUT2D eigenvalue weighted by Gasteiger charge is 2.07. The van der Waals surface area contributed by atoms with Gasteiger partial charge in [0.1, 0.15) is 0 Å². The Balaban J connectivity index is 2.83. The molecule has 0 aromatic heterocycles. The normalized spacial score (nSPS) is 11.2. The first kappa shape index (κ1) is 11.5. The molecule has 2 heteroatoms. The number of ether oxygens (including phenoxy) is 1. The third-order valence-corrected chi connectivity index (χ3v) is 2.06. The maximum atomic E-state index is 11.5. The van der Waals surface area contributed by atoms with Crippen LogP contribution in [0.5, 0.6) is 0 Å². The van der Waals surface area contributed by atoms with Crippen LogP contribution in [-0.2, 0) is 9.53 Å². The van der Waals surface area contributed by atoms with Crippen molar-refractivity contribution in [3.63, 3.8) is 0 Å². The van der Waals surface area contributed by atoms with Gasteiger partial charge in [0.2, 0.25) is 0 Å². The minimum Gasteiger partial charge on any atom is -0.463 e. The van der Waals surface area contributed by atoms with Crippen LogP contribution in [0, 0.1) is 0 Å². The Labute approximate surface area is 90.6 Å². The smallest absolute Gasteiger partial charge is 0.333 e. The summed E-state index contributed by atoms with van der Waals surface area (Å²) in [5, 5.41) is 0. The van der Waals surface area contributed by atoms with Gasteiger partial charge in [-0.05, 0) is 25.0 Å². The minimum absolute atomic E-state index is 0.219. The average molecular weight is 204 g/mol. The van der Waals surface area contributed by atoms with E-state index in [2.05, 4.69) is 0 Å². The predicted molar refractivity (Wildman–Crippen MR) is 61.3 cm³/mol. The molecule has 0 aliphatic carbocycles. The monoisotopic (exact) mass is 204 g/mol. The second-order valence-electron chi connectivity index (χ2n) is 3.15. The summed E-state index contributed by atoms with van der Waals surface area (Å²) in [6.45, 7) is 4.18. The zero-order valence-corrected chi connectivity index (χ0v) is 9.19. The van der Waals surface area contributed by atoms with Gasteiger partial charge in [-0.2, -0.15) is 0 Å². The zero-order chi connectivity index (χ0) is 11.1. The van der Waals surface area contributed by atoms with E-state index in [1.54, 1.807) is 0 Å². The van der Waals surface area contributed by atoms with Crippen LogP contribution in [0.1, 0.15) is 25.8 Å². The fourth-order valence-corrected chi connectivity index (χ4v) is 1.28. The fraction of sp³-hybridized carbons (Fsp3) is 0.308. The third-order valence-electron chi connectivity index (χ3n) is 2.06. The summed E-state index contributed by atoms with van der Waals surface area (Å²) in [5.41, 5.74) is 1.74. The molecule has 80 valence electrons. The van der Waals surface area contributed by atoms with Gasteiger partial charge in [-0.15, -0.1) is 0 Å². The van der Waals surface area contributed by atoms with Crippen molar-refractivity contribution in [2.45, 2.75) is 20.3 Å². The molecule has 1 rings (SSSR count). The molecule has 1 aromatic carbocycles. The first-order valence-electron chi connectivity index (χ1n) is 5.20. The van der Waals surface area contributed by atoms with E-state index in [4.69, 9.17) is 4.74 Å². The summed E-state index contributed by atoms with van der Waals surface area (Å²) in [4.78, 5) is 11.5. The van der Waals surface area contributed by atoms with Crippen molar-refractivity contribution < 1.29 is 9.53 Å². The van der Waals surface area contributed by atoms with Gasteiger partial charge in [0.25, 0.3) is 0 Å². The van der Waals surface area contributed by atoms with Crippen molar-refractivity contribution in [2.75, 3.05) is 6.61 Å². The lowest BCUT2D eigenvalue weighted by molar-refractivity contribution is -0.138. The van der Waals surface area contributed by atoms with Gasteiger partial charge in [-0.25, -0.2) is 4.79 Å². The van der Waals surface area contributed by atoms with E-state index in [0.29, 0.717) is 18.6 Å². The molecule has 0 fully saturated rings. The van der Waals surface area contributed by atoms with Crippen molar-refractivity contribution >= 4 is 12.0 Å². The molecule has 0 atom stereocenters. The molecule has 0 unspecified atom stereocenters. The molecule has 0 aliphatic heterocycles. The van der Waals surface area contributed by atoms with E-state index in [0.717, 1.165) is 5.56 Å². The SMILES string of the molecule is CCOC(=O)C(=Cc1ccccc1)CC. The molecule has 0 radical (unpaired) electrons. The Morgan fingerprint density at radius 3 is 2.47 bits per heavy atom. The number of benzene rings is 1. The molecule has 0 bridgehead atoms. The van der Waals surface area contributed by atoms with Crippen molar-refractivity contribution in [3.05, 3.63) is 41.5 Å². The Hall–Kier alpha value is -1.57. The van der Waals surface area contributed by atoms with Gasteiger partial charge in [0.15, 0.2) is 0 Å². The van der Waals surface area contributed by atoms with Crippen LogP contribution in [-0.4, -0.2) is 12.6 Å². The molecule has 0 saturated heterocycles. The van der Waals surface area contributed by atoms with Crippen LogP contribution < -0.4 is 0 Å². The topological polar surface area (TPSA) is 26.3 Å². The number of esters is 1. The number of carbonyl (C=O) groups excluding carboxylic acids is 1. The van der Waals surface area contributed by atoms with E-state index in [9.17, 15) is 4.79 Å². The largest absolute Gasteiger partial charge is 0.463 e. The molecule has 0 aliphatic rings. The van der Waals surface area contributed by atoms with Crippen LogP contribution in [0.4, 0.5) is 0 Å². The molecule has 0 amide bonds. The van der Waals surface area contributed by atoms with E-state index in [1.165, 1.54) is 0 Å². The van der Waals surface area contributed by atoms with Crippen LogP contribution in [0.25, 0.3) is 6.08 Å². The molecule has 0 spiro atoms. The number of hydrogen-bond acceptors (Lipinski definition) is 2. The molecule has 15 heavy (non-hydrogen) atoms. The van der Waals surface area contributed by atoms with Gasteiger partial charge >= 0.3 is 5.97 Å². The molecule has 2 nitrogen and oxygen atoms in total. The van der Waals surface area contributed by atoms with Gasteiger partial charge in [0, 0.05) is 5.57 Å². The second kappa shape index (κ2) is 6.02. The second-order valence-corrected chi connectivity index (χ2v) is 3.15. The first-order chi connectivity index (χ1) is 7.27. The van der Waals surface area contributed by atoms with E-state index in [-0.39, 0.29) is 5.97 Å². The van der Waals surface area contributed by atoms with Crippen molar-refractivity contribution in [2.24, 2.45) is 0 Å². The number of carbonyl (C=O) groups is 1. The molecule has 1 aromatic rings. The highest BCUT2D eigenvalue weighted by atomic mass is 16.5. The maximum absolute atomic E-state index is 11.5. The van der Waals surface area contributed by atoms with Gasteiger partial charge in [-0.1, -0.05) is 37.3 Å². The van der Waals surface area contributed by atoms with Gasteiger partial charge in [0.05, 0.1) is 6.61 Å². The quantitative estimate of drug-likeness (QED) is 0.556. The lowest BCUT2D eigenvalue weighted by Gasteiger charge is -2.04. The highest BCUT2D eigenvalue weighted by molar-refractivity contribution is 5.93. The Morgan fingerprint density at radius 1 is 1.27 bits per heavy atom. The standard InChI is InChI=1S/C13H16O2/c1-3-12(13(14)15-4-2)10-11-8-6-5-7-9-11/h5-10H,3-4H2,1-2H3. The third kappa shape index (κ3) is 3.58. The van der Waals surface area contributed by atoms with Crippen molar-refractivity contribution in [1.29, 1.82) is 0 Å².